The summed E-state index contributed by atoms with van der Waals surface area (Å²) in [4.78, 5) is 15.7. The molecule has 170 valence electrons. The van der Waals surface area contributed by atoms with Crippen LogP contribution in [-0.2, 0) is 23.1 Å². The number of hydrogen-bond donors (Lipinski definition) is 1. The van der Waals surface area contributed by atoms with Crippen molar-refractivity contribution in [1.29, 1.82) is 0 Å². The molecule has 0 bridgehead atoms. The van der Waals surface area contributed by atoms with Crippen LogP contribution in [0.4, 0.5) is 0 Å². The summed E-state index contributed by atoms with van der Waals surface area (Å²) in [5.74, 6) is 0.918. The van der Waals surface area contributed by atoms with Crippen molar-refractivity contribution in [3.8, 4) is 5.75 Å². The Morgan fingerprint density at radius 3 is 2.36 bits per heavy atom. The van der Waals surface area contributed by atoms with E-state index < -0.39 is 5.41 Å². The number of nitrogens with two attached hydrogens (primary N) is 1. The summed E-state index contributed by atoms with van der Waals surface area (Å²) >= 11 is 0. The van der Waals surface area contributed by atoms with E-state index in [4.69, 9.17) is 10.5 Å². The molecule has 2 aliphatic heterocycles. The van der Waals surface area contributed by atoms with Crippen LogP contribution in [0, 0.1) is 5.92 Å². The zero-order valence-electron chi connectivity index (χ0n) is 19.1. The summed E-state index contributed by atoms with van der Waals surface area (Å²) in [5.41, 5.74) is 10.1. The lowest BCUT2D eigenvalue weighted by atomic mass is 9.64. The first-order valence-electron chi connectivity index (χ1n) is 12.1. The number of benzene rings is 3. The average molecular weight is 441 g/mol. The molecule has 0 aromatic heterocycles. The number of fused-ring (bicyclic) bond motifs is 1. The van der Waals surface area contributed by atoms with Crippen molar-refractivity contribution in [2.45, 2.75) is 31.1 Å². The molecule has 1 unspecified atom stereocenters. The molecule has 2 heterocycles. The van der Waals surface area contributed by atoms with E-state index >= 15 is 0 Å². The van der Waals surface area contributed by atoms with Crippen molar-refractivity contribution in [2.24, 2.45) is 11.7 Å². The quantitative estimate of drug-likeness (QED) is 0.594. The Morgan fingerprint density at radius 2 is 1.70 bits per heavy atom. The fraction of sp³-hybridized carbons (Fsp3) is 0.345. The number of nitrogens with zero attached hydrogens (tertiary/aromatic N) is 1. The van der Waals surface area contributed by atoms with E-state index in [1.807, 2.05) is 36.4 Å². The second kappa shape index (κ2) is 9.40. The molecule has 0 aliphatic carbocycles. The largest absolute Gasteiger partial charge is 0.493 e. The number of carbonyl (C=O) groups excluding carboxylic acids is 1. The summed E-state index contributed by atoms with van der Waals surface area (Å²) in [6.45, 7) is 3.65. The van der Waals surface area contributed by atoms with Crippen LogP contribution in [0.1, 0.15) is 35.1 Å². The van der Waals surface area contributed by atoms with Crippen molar-refractivity contribution < 1.29 is 9.53 Å². The fourth-order valence-corrected chi connectivity index (χ4v) is 5.77. The number of aryl methyl sites for hydroxylation is 1. The zero-order chi connectivity index (χ0) is 22.7. The maximum absolute atomic E-state index is 13.2. The molecule has 3 aromatic carbocycles. The molecule has 3 aromatic rings. The molecular formula is C29H32N2O2. The second-order valence-electron chi connectivity index (χ2n) is 9.33. The predicted molar refractivity (Wildman–Crippen MR) is 131 cm³/mol. The molecular weight excluding hydrogens is 408 g/mol. The molecule has 0 saturated carbocycles. The minimum Gasteiger partial charge on any atom is -0.493 e. The summed E-state index contributed by atoms with van der Waals surface area (Å²) in [6, 6.07) is 26.8. The van der Waals surface area contributed by atoms with E-state index in [-0.39, 0.29) is 11.8 Å². The standard InChI is InChI=1S/C29H32N2O2/c30-28(32)29(24-9-3-1-4-10-24,25-11-5-2-6-12-25)26-16-18-31(21-26)17-15-22-13-14-27-23(20-22)8-7-19-33-27/h1-6,9-14,20,26H,7-8,15-19,21H2,(H2,30,32). The predicted octanol–water partition coefficient (Wildman–Crippen LogP) is 4.35. The van der Waals surface area contributed by atoms with Gasteiger partial charge in [0.1, 0.15) is 11.2 Å². The number of rotatable bonds is 7. The SMILES string of the molecule is NC(=O)C(c1ccccc1)(c1ccccc1)C1CCN(CCc2ccc3c(c2)CCCO3)C1. The number of carbonyl (C=O) groups is 1. The van der Waals surface area contributed by atoms with Gasteiger partial charge < -0.3 is 15.4 Å². The van der Waals surface area contributed by atoms with E-state index in [9.17, 15) is 4.79 Å². The smallest absolute Gasteiger partial charge is 0.232 e. The molecule has 0 spiro atoms. The lowest BCUT2D eigenvalue weighted by molar-refractivity contribution is -0.123. The van der Waals surface area contributed by atoms with Gasteiger partial charge in [-0.2, -0.15) is 0 Å². The van der Waals surface area contributed by atoms with Gasteiger partial charge in [0.05, 0.1) is 6.61 Å². The highest BCUT2D eigenvalue weighted by Gasteiger charge is 2.49. The Balaban J connectivity index is 1.37. The molecule has 33 heavy (non-hydrogen) atoms. The molecule has 0 radical (unpaired) electrons. The van der Waals surface area contributed by atoms with Gasteiger partial charge in [-0.05, 0) is 66.5 Å². The third-order valence-corrected chi connectivity index (χ3v) is 7.42. The maximum atomic E-state index is 13.2. The lowest BCUT2D eigenvalue weighted by Crippen LogP contribution is -2.49. The van der Waals surface area contributed by atoms with Crippen LogP contribution in [0.2, 0.25) is 0 Å². The van der Waals surface area contributed by atoms with Gasteiger partial charge in [0.2, 0.25) is 5.91 Å². The Hall–Kier alpha value is -3.11. The molecule has 4 nitrogen and oxygen atoms in total. The van der Waals surface area contributed by atoms with Gasteiger partial charge in [-0.15, -0.1) is 0 Å². The maximum Gasteiger partial charge on any atom is 0.232 e. The minimum absolute atomic E-state index is 0.136. The van der Waals surface area contributed by atoms with Crippen molar-refractivity contribution in [2.75, 3.05) is 26.2 Å². The number of likely N-dealkylation sites (tertiary alicyclic amines) is 1. The van der Waals surface area contributed by atoms with Gasteiger partial charge in [0.25, 0.3) is 0 Å². The Labute approximate surface area is 196 Å². The van der Waals surface area contributed by atoms with Gasteiger partial charge in [-0.25, -0.2) is 0 Å². The Kier molecular flexibility index (Phi) is 6.19. The summed E-state index contributed by atoms with van der Waals surface area (Å²) in [7, 11) is 0. The first kappa shape index (κ1) is 21.7. The van der Waals surface area contributed by atoms with Crippen molar-refractivity contribution in [3.63, 3.8) is 0 Å². The summed E-state index contributed by atoms with van der Waals surface area (Å²) in [6.07, 6.45) is 4.15. The number of hydrogen-bond acceptors (Lipinski definition) is 3. The molecule has 1 saturated heterocycles. The average Bonchev–Trinajstić information content (AvgIpc) is 3.33. The van der Waals surface area contributed by atoms with Crippen LogP contribution in [0.3, 0.4) is 0 Å². The number of amides is 1. The highest BCUT2D eigenvalue weighted by molar-refractivity contribution is 5.91. The van der Waals surface area contributed by atoms with E-state index in [1.165, 1.54) is 11.1 Å². The third kappa shape index (κ3) is 4.16. The van der Waals surface area contributed by atoms with Crippen LogP contribution < -0.4 is 10.5 Å². The van der Waals surface area contributed by atoms with Gasteiger partial charge in [0, 0.05) is 13.1 Å². The first-order chi connectivity index (χ1) is 16.2. The summed E-state index contributed by atoms with van der Waals surface area (Å²) < 4.78 is 5.76. The molecule has 1 atom stereocenters. The third-order valence-electron chi connectivity index (χ3n) is 7.42. The Morgan fingerprint density at radius 1 is 1.00 bits per heavy atom. The molecule has 4 heteroatoms. The molecule has 2 aliphatic rings. The van der Waals surface area contributed by atoms with Gasteiger partial charge >= 0.3 is 0 Å². The van der Waals surface area contributed by atoms with E-state index in [1.54, 1.807) is 0 Å². The van der Waals surface area contributed by atoms with Crippen molar-refractivity contribution in [1.82, 2.24) is 4.90 Å². The molecule has 1 amide bonds. The first-order valence-corrected chi connectivity index (χ1v) is 12.1. The topological polar surface area (TPSA) is 55.6 Å². The minimum atomic E-state index is -0.819. The van der Waals surface area contributed by atoms with Gasteiger partial charge in [-0.1, -0.05) is 72.8 Å². The van der Waals surface area contributed by atoms with Crippen molar-refractivity contribution >= 4 is 5.91 Å². The number of ether oxygens (including phenoxy) is 1. The Bertz CT molecular complexity index is 1060. The van der Waals surface area contributed by atoms with Gasteiger partial charge in [0.15, 0.2) is 0 Å². The van der Waals surface area contributed by atoms with Crippen LogP contribution >= 0.6 is 0 Å². The monoisotopic (exact) mass is 440 g/mol. The lowest BCUT2D eigenvalue weighted by Gasteiger charge is -2.37. The molecule has 2 N–H and O–H groups in total. The van der Waals surface area contributed by atoms with Crippen LogP contribution in [0.15, 0.2) is 78.9 Å². The van der Waals surface area contributed by atoms with Crippen LogP contribution in [0.25, 0.3) is 0 Å². The van der Waals surface area contributed by atoms with E-state index in [0.29, 0.717) is 0 Å². The van der Waals surface area contributed by atoms with Gasteiger partial charge in [-0.3, -0.25) is 4.79 Å². The number of primary amides is 1. The van der Waals surface area contributed by atoms with Crippen LogP contribution in [0.5, 0.6) is 5.75 Å². The molecule has 5 rings (SSSR count). The summed E-state index contributed by atoms with van der Waals surface area (Å²) in [5, 5.41) is 0. The zero-order valence-corrected chi connectivity index (χ0v) is 19.1. The fourth-order valence-electron chi connectivity index (χ4n) is 5.77. The highest BCUT2D eigenvalue weighted by atomic mass is 16.5. The van der Waals surface area contributed by atoms with Crippen molar-refractivity contribution in [3.05, 3.63) is 101 Å². The van der Waals surface area contributed by atoms with E-state index in [0.717, 1.165) is 68.8 Å². The second-order valence-corrected chi connectivity index (χ2v) is 9.33. The van der Waals surface area contributed by atoms with E-state index in [2.05, 4.69) is 47.4 Å². The highest BCUT2D eigenvalue weighted by Crippen LogP contribution is 2.43. The normalized spacial score (nSPS) is 18.5. The molecule has 1 fully saturated rings. The van der Waals surface area contributed by atoms with Crippen LogP contribution in [-0.4, -0.2) is 37.0 Å².